The quantitative estimate of drug-likeness (QED) is 0.777. The van der Waals surface area contributed by atoms with Gasteiger partial charge in [-0.15, -0.1) is 0 Å². The third-order valence-corrected chi connectivity index (χ3v) is 2.84. The van der Waals surface area contributed by atoms with Crippen molar-refractivity contribution in [2.75, 3.05) is 7.11 Å². The van der Waals surface area contributed by atoms with E-state index in [4.69, 9.17) is 10.7 Å². The average Bonchev–Trinajstić information content (AvgIpc) is 2.15. The first-order chi connectivity index (χ1) is 6.84. The fraction of sp³-hybridized carbons (Fsp3) is 0.286. The van der Waals surface area contributed by atoms with Crippen molar-refractivity contribution in [3.63, 3.8) is 0 Å². The van der Waals surface area contributed by atoms with Gasteiger partial charge < -0.3 is 4.74 Å². The highest BCUT2D eigenvalue weighted by Crippen LogP contribution is 2.25. The molecule has 0 saturated heterocycles. The van der Waals surface area contributed by atoms with Gasteiger partial charge in [-0.1, -0.05) is 0 Å². The Kier molecular flexibility index (Phi) is 3.46. The predicted molar refractivity (Wildman–Crippen MR) is 48.8 cm³/mol. The summed E-state index contributed by atoms with van der Waals surface area (Å²) in [7, 11) is 2.12. The number of alkyl halides is 2. The zero-order chi connectivity index (χ0) is 11.6. The van der Waals surface area contributed by atoms with Crippen molar-refractivity contribution in [2.45, 2.75) is 11.3 Å². The van der Waals surface area contributed by atoms with Gasteiger partial charge >= 0.3 is 0 Å². The molecule has 0 atom stereocenters. The maximum atomic E-state index is 12.3. The van der Waals surface area contributed by atoms with Gasteiger partial charge in [0.25, 0.3) is 15.5 Å². The topological polar surface area (TPSA) is 56.3 Å². The number of ether oxygens (including phenoxy) is 1. The zero-order valence-electron chi connectivity index (χ0n) is 7.45. The zero-order valence-corrected chi connectivity index (χ0v) is 9.02. The first kappa shape index (κ1) is 12.1. The van der Waals surface area contributed by atoms with E-state index < -0.39 is 26.1 Å². The molecule has 0 aromatic carbocycles. The number of pyridine rings is 1. The summed E-state index contributed by atoms with van der Waals surface area (Å²) in [4.78, 5) is 2.90. The Hall–Kier alpha value is -0.950. The monoisotopic (exact) mass is 257 g/mol. The van der Waals surface area contributed by atoms with E-state index in [1.165, 1.54) is 7.11 Å². The summed E-state index contributed by atoms with van der Waals surface area (Å²) in [6, 6.07) is 1.67. The number of methoxy groups -OCH3 is 1. The van der Waals surface area contributed by atoms with E-state index in [0.29, 0.717) is 6.07 Å². The minimum atomic E-state index is -4.07. The van der Waals surface area contributed by atoms with Crippen LogP contribution in [0.4, 0.5) is 8.78 Å². The molecule has 0 saturated carbocycles. The van der Waals surface area contributed by atoms with Crippen LogP contribution in [0.25, 0.3) is 0 Å². The Balaban J connectivity index is 3.36. The van der Waals surface area contributed by atoms with E-state index >= 15 is 0 Å². The SMILES string of the molecule is COc1cc(S(=O)(=O)Cl)cc(C(F)F)n1. The Morgan fingerprint density at radius 2 is 2.07 bits per heavy atom. The van der Waals surface area contributed by atoms with Gasteiger partial charge in [-0.25, -0.2) is 22.2 Å². The van der Waals surface area contributed by atoms with Crippen LogP contribution in [0.3, 0.4) is 0 Å². The second kappa shape index (κ2) is 4.28. The molecule has 0 unspecified atom stereocenters. The van der Waals surface area contributed by atoms with E-state index in [-0.39, 0.29) is 5.88 Å². The number of rotatable bonds is 3. The molecule has 8 heteroatoms. The van der Waals surface area contributed by atoms with Crippen LogP contribution < -0.4 is 4.74 Å². The lowest BCUT2D eigenvalue weighted by molar-refractivity contribution is 0.144. The van der Waals surface area contributed by atoms with Gasteiger partial charge in [0.05, 0.1) is 12.0 Å². The molecule has 15 heavy (non-hydrogen) atoms. The molecule has 0 bridgehead atoms. The molecule has 0 radical (unpaired) electrons. The van der Waals surface area contributed by atoms with Crippen LogP contribution >= 0.6 is 10.7 Å². The van der Waals surface area contributed by atoms with Gasteiger partial charge in [0.15, 0.2) is 0 Å². The van der Waals surface area contributed by atoms with Crippen LogP contribution in [0.5, 0.6) is 5.88 Å². The molecule has 1 aromatic rings. The van der Waals surface area contributed by atoms with Gasteiger partial charge in [0.1, 0.15) is 5.69 Å². The van der Waals surface area contributed by atoms with Gasteiger partial charge in [-0.05, 0) is 6.07 Å². The van der Waals surface area contributed by atoms with Crippen LogP contribution in [0.2, 0.25) is 0 Å². The van der Waals surface area contributed by atoms with Gasteiger partial charge in [-0.2, -0.15) is 0 Å². The molecule has 1 rings (SSSR count). The summed E-state index contributed by atoms with van der Waals surface area (Å²) >= 11 is 0. The van der Waals surface area contributed by atoms with Crippen LogP contribution in [0.1, 0.15) is 12.1 Å². The Morgan fingerprint density at radius 3 is 2.47 bits per heavy atom. The first-order valence-corrected chi connectivity index (χ1v) is 5.94. The third kappa shape index (κ3) is 3.00. The average molecular weight is 258 g/mol. The molecule has 0 aliphatic rings. The molecule has 0 fully saturated rings. The second-order valence-corrected chi connectivity index (χ2v) is 5.07. The lowest BCUT2D eigenvalue weighted by Gasteiger charge is -2.05. The minimum Gasteiger partial charge on any atom is -0.481 e. The van der Waals surface area contributed by atoms with Crippen molar-refractivity contribution in [3.05, 3.63) is 17.8 Å². The van der Waals surface area contributed by atoms with Crippen molar-refractivity contribution < 1.29 is 21.9 Å². The molecule has 0 spiro atoms. The maximum absolute atomic E-state index is 12.3. The van der Waals surface area contributed by atoms with Gasteiger partial charge in [0, 0.05) is 16.7 Å². The van der Waals surface area contributed by atoms with Gasteiger partial charge in [0.2, 0.25) is 5.88 Å². The molecular formula is C7H6ClF2NO3S. The summed E-state index contributed by atoms with van der Waals surface area (Å²) in [6.45, 7) is 0. The van der Waals surface area contributed by atoms with Crippen molar-refractivity contribution in [2.24, 2.45) is 0 Å². The van der Waals surface area contributed by atoms with E-state index in [1.807, 2.05) is 0 Å². The highest BCUT2D eigenvalue weighted by Gasteiger charge is 2.18. The normalized spacial score (nSPS) is 11.8. The number of nitrogens with zero attached hydrogens (tertiary/aromatic N) is 1. The number of hydrogen-bond acceptors (Lipinski definition) is 4. The van der Waals surface area contributed by atoms with Crippen LogP contribution in [-0.4, -0.2) is 20.5 Å². The largest absolute Gasteiger partial charge is 0.481 e. The molecule has 0 N–H and O–H groups in total. The molecule has 0 aliphatic heterocycles. The molecule has 1 aromatic heterocycles. The molecule has 0 amide bonds. The Bertz CT molecular complexity index is 463. The summed E-state index contributed by atoms with van der Waals surface area (Å²) in [5, 5.41) is 0. The Morgan fingerprint density at radius 1 is 1.47 bits per heavy atom. The molecule has 1 heterocycles. The van der Waals surface area contributed by atoms with Crippen molar-refractivity contribution in [1.29, 1.82) is 0 Å². The van der Waals surface area contributed by atoms with E-state index in [0.717, 1.165) is 6.07 Å². The van der Waals surface area contributed by atoms with Crippen molar-refractivity contribution >= 4 is 19.7 Å². The molecule has 84 valence electrons. The molecule has 4 nitrogen and oxygen atoms in total. The van der Waals surface area contributed by atoms with Crippen LogP contribution in [-0.2, 0) is 9.05 Å². The summed E-state index contributed by atoms with van der Waals surface area (Å²) in [5.41, 5.74) is -0.700. The first-order valence-electron chi connectivity index (χ1n) is 3.63. The lowest BCUT2D eigenvalue weighted by Crippen LogP contribution is -1.99. The highest BCUT2D eigenvalue weighted by molar-refractivity contribution is 8.13. The van der Waals surface area contributed by atoms with E-state index in [9.17, 15) is 17.2 Å². The summed E-state index contributed by atoms with van der Waals surface area (Å²) in [5.74, 6) is -0.230. The molecular weight excluding hydrogens is 252 g/mol. The Labute approximate surface area is 89.3 Å². The minimum absolute atomic E-state index is 0.230. The number of halogens is 3. The summed E-state index contributed by atoms with van der Waals surface area (Å²) in [6.07, 6.45) is -2.89. The summed E-state index contributed by atoms with van der Waals surface area (Å²) < 4.78 is 51.0. The number of hydrogen-bond donors (Lipinski definition) is 0. The van der Waals surface area contributed by atoms with E-state index in [1.54, 1.807) is 0 Å². The third-order valence-electron chi connectivity index (χ3n) is 1.51. The molecule has 0 aliphatic carbocycles. The number of aromatic nitrogens is 1. The highest BCUT2D eigenvalue weighted by atomic mass is 35.7. The fourth-order valence-electron chi connectivity index (χ4n) is 0.858. The van der Waals surface area contributed by atoms with Crippen LogP contribution in [0, 0.1) is 0 Å². The van der Waals surface area contributed by atoms with Gasteiger partial charge in [-0.3, -0.25) is 0 Å². The van der Waals surface area contributed by atoms with Crippen LogP contribution in [0.15, 0.2) is 17.0 Å². The van der Waals surface area contributed by atoms with E-state index in [2.05, 4.69) is 9.72 Å². The fourth-order valence-corrected chi connectivity index (χ4v) is 1.63. The predicted octanol–water partition coefficient (Wildman–Crippen LogP) is 1.96. The van der Waals surface area contributed by atoms with Crippen molar-refractivity contribution in [1.82, 2.24) is 4.98 Å². The lowest BCUT2D eigenvalue weighted by atomic mass is 10.3. The van der Waals surface area contributed by atoms with Crippen molar-refractivity contribution in [3.8, 4) is 5.88 Å². The second-order valence-electron chi connectivity index (χ2n) is 2.51. The smallest absolute Gasteiger partial charge is 0.280 e. The standard InChI is InChI=1S/C7H6ClF2NO3S/c1-14-6-3-4(15(8,12)13)2-5(11-6)7(9)10/h2-3,7H,1H3. The maximum Gasteiger partial charge on any atom is 0.280 e.